The summed E-state index contributed by atoms with van der Waals surface area (Å²) >= 11 is 0. The van der Waals surface area contributed by atoms with Crippen molar-refractivity contribution in [1.82, 2.24) is 9.78 Å². The van der Waals surface area contributed by atoms with E-state index >= 15 is 0 Å². The molecule has 100 valence electrons. The van der Waals surface area contributed by atoms with Gasteiger partial charge in [-0.2, -0.15) is 5.10 Å². The van der Waals surface area contributed by atoms with Crippen LogP contribution in [0.15, 0.2) is 12.3 Å². The molecule has 2 atom stereocenters. The summed E-state index contributed by atoms with van der Waals surface area (Å²) < 4.78 is 6.85. The van der Waals surface area contributed by atoms with E-state index in [1.54, 1.807) is 13.3 Å². The molecule has 2 unspecified atom stereocenters. The summed E-state index contributed by atoms with van der Waals surface area (Å²) in [6, 6.07) is 1.85. The van der Waals surface area contributed by atoms with Gasteiger partial charge in [0.25, 0.3) is 0 Å². The summed E-state index contributed by atoms with van der Waals surface area (Å²) in [6.07, 6.45) is 5.84. The van der Waals surface area contributed by atoms with Crippen LogP contribution in [-0.2, 0) is 11.3 Å². The van der Waals surface area contributed by atoms with Gasteiger partial charge in [0, 0.05) is 32.4 Å². The van der Waals surface area contributed by atoms with Crippen molar-refractivity contribution >= 4 is 5.78 Å². The fourth-order valence-electron chi connectivity index (χ4n) is 2.73. The van der Waals surface area contributed by atoms with Gasteiger partial charge in [-0.3, -0.25) is 9.48 Å². The zero-order chi connectivity index (χ0) is 13.0. The molecular weight excluding hydrogens is 228 g/mol. The molecule has 4 nitrogen and oxygen atoms in total. The molecule has 1 aromatic heterocycles. The maximum Gasteiger partial charge on any atom is 0.183 e. The second-order valence-electron chi connectivity index (χ2n) is 5.27. The second-order valence-corrected chi connectivity index (χ2v) is 5.27. The Morgan fingerprint density at radius 3 is 3.06 bits per heavy atom. The Labute approximate surface area is 108 Å². The Bertz CT molecular complexity index is 400. The summed E-state index contributed by atoms with van der Waals surface area (Å²) in [5.74, 6) is 1.16. The van der Waals surface area contributed by atoms with Gasteiger partial charge in [-0.15, -0.1) is 0 Å². The van der Waals surface area contributed by atoms with Gasteiger partial charge in [0.2, 0.25) is 0 Å². The van der Waals surface area contributed by atoms with E-state index < -0.39 is 0 Å². The van der Waals surface area contributed by atoms with Crippen molar-refractivity contribution in [3.8, 4) is 0 Å². The second kappa shape index (κ2) is 6.14. The SMILES string of the molecule is COCCCn1nccc1C(=O)C1CCC(C)C1. The molecule has 0 aromatic carbocycles. The summed E-state index contributed by atoms with van der Waals surface area (Å²) in [7, 11) is 1.69. The molecule has 1 aromatic rings. The normalized spacial score (nSPS) is 23.4. The Balaban J connectivity index is 1.99. The van der Waals surface area contributed by atoms with Gasteiger partial charge >= 0.3 is 0 Å². The average Bonchev–Trinajstić information content (AvgIpc) is 2.97. The number of rotatable bonds is 6. The summed E-state index contributed by atoms with van der Waals surface area (Å²) in [5.41, 5.74) is 0.769. The Hall–Kier alpha value is -1.16. The third kappa shape index (κ3) is 2.99. The van der Waals surface area contributed by atoms with Crippen molar-refractivity contribution in [2.75, 3.05) is 13.7 Å². The molecule has 0 N–H and O–H groups in total. The van der Waals surface area contributed by atoms with Gasteiger partial charge in [0.1, 0.15) is 5.69 Å². The highest BCUT2D eigenvalue weighted by molar-refractivity contribution is 5.96. The van der Waals surface area contributed by atoms with E-state index in [0.29, 0.717) is 12.5 Å². The van der Waals surface area contributed by atoms with Gasteiger partial charge in [0.05, 0.1) is 0 Å². The lowest BCUT2D eigenvalue weighted by Crippen LogP contribution is -2.18. The van der Waals surface area contributed by atoms with Crippen molar-refractivity contribution in [3.63, 3.8) is 0 Å². The number of hydrogen-bond donors (Lipinski definition) is 0. The van der Waals surface area contributed by atoms with E-state index in [0.717, 1.165) is 31.5 Å². The van der Waals surface area contributed by atoms with Gasteiger partial charge < -0.3 is 4.74 Å². The molecule has 1 fully saturated rings. The fraction of sp³-hybridized carbons (Fsp3) is 0.714. The van der Waals surface area contributed by atoms with Gasteiger partial charge in [-0.25, -0.2) is 0 Å². The molecule has 1 aliphatic rings. The zero-order valence-corrected chi connectivity index (χ0v) is 11.3. The molecule has 1 heterocycles. The Kier molecular flexibility index (Phi) is 4.53. The summed E-state index contributed by atoms with van der Waals surface area (Å²) in [6.45, 7) is 3.68. The Morgan fingerprint density at radius 2 is 2.39 bits per heavy atom. The minimum atomic E-state index is 0.206. The summed E-state index contributed by atoms with van der Waals surface area (Å²) in [5, 5.41) is 4.24. The minimum absolute atomic E-state index is 0.206. The summed E-state index contributed by atoms with van der Waals surface area (Å²) in [4.78, 5) is 12.4. The van der Waals surface area contributed by atoms with Crippen LogP contribution >= 0.6 is 0 Å². The van der Waals surface area contributed by atoms with E-state index in [2.05, 4.69) is 12.0 Å². The van der Waals surface area contributed by atoms with Crippen LogP contribution in [0, 0.1) is 11.8 Å². The molecule has 1 aliphatic carbocycles. The zero-order valence-electron chi connectivity index (χ0n) is 11.3. The van der Waals surface area contributed by atoms with Crippen molar-refractivity contribution < 1.29 is 9.53 Å². The number of methoxy groups -OCH3 is 1. The smallest absolute Gasteiger partial charge is 0.183 e. The molecule has 18 heavy (non-hydrogen) atoms. The minimum Gasteiger partial charge on any atom is -0.385 e. The van der Waals surface area contributed by atoms with Crippen LogP contribution in [0.2, 0.25) is 0 Å². The molecule has 1 saturated carbocycles. The number of aryl methyl sites for hydroxylation is 1. The quantitative estimate of drug-likeness (QED) is 0.575. The number of nitrogens with zero attached hydrogens (tertiary/aromatic N) is 2. The van der Waals surface area contributed by atoms with Crippen LogP contribution in [0.4, 0.5) is 0 Å². The molecule has 0 bridgehead atoms. The highest BCUT2D eigenvalue weighted by atomic mass is 16.5. The predicted octanol–water partition coefficient (Wildman–Crippen LogP) is 2.54. The monoisotopic (exact) mass is 250 g/mol. The molecule has 0 saturated heterocycles. The van der Waals surface area contributed by atoms with Crippen LogP contribution in [0.3, 0.4) is 0 Å². The standard InChI is InChI=1S/C14H22N2O2/c1-11-4-5-12(10-11)14(17)13-6-7-15-16(13)8-3-9-18-2/h6-7,11-12H,3-5,8-10H2,1-2H3. The number of ketones is 1. The number of Topliss-reactive ketones (excluding diaryl/α,β-unsaturated/α-hetero) is 1. The number of hydrogen-bond acceptors (Lipinski definition) is 3. The van der Waals surface area contributed by atoms with Crippen LogP contribution in [0.25, 0.3) is 0 Å². The van der Waals surface area contributed by atoms with E-state index in [1.165, 1.54) is 6.42 Å². The van der Waals surface area contributed by atoms with Crippen molar-refractivity contribution in [2.24, 2.45) is 11.8 Å². The van der Waals surface area contributed by atoms with E-state index in [4.69, 9.17) is 4.74 Å². The van der Waals surface area contributed by atoms with E-state index in [1.807, 2.05) is 10.7 Å². The van der Waals surface area contributed by atoms with Crippen molar-refractivity contribution in [2.45, 2.75) is 39.2 Å². The van der Waals surface area contributed by atoms with Crippen LogP contribution in [0.1, 0.15) is 43.1 Å². The van der Waals surface area contributed by atoms with Gasteiger partial charge in [-0.05, 0) is 37.7 Å². The molecule has 0 aliphatic heterocycles. The first-order chi connectivity index (χ1) is 8.72. The first-order valence-electron chi connectivity index (χ1n) is 6.77. The molecule has 0 amide bonds. The molecular formula is C14H22N2O2. The number of carbonyl (C=O) groups is 1. The van der Waals surface area contributed by atoms with Crippen LogP contribution in [-0.4, -0.2) is 29.3 Å². The van der Waals surface area contributed by atoms with E-state index in [9.17, 15) is 4.79 Å². The largest absolute Gasteiger partial charge is 0.385 e. The van der Waals surface area contributed by atoms with Crippen molar-refractivity contribution in [1.29, 1.82) is 0 Å². The third-order valence-electron chi connectivity index (χ3n) is 3.75. The molecule has 0 spiro atoms. The van der Waals surface area contributed by atoms with E-state index in [-0.39, 0.29) is 11.7 Å². The lowest BCUT2D eigenvalue weighted by atomic mass is 9.99. The fourth-order valence-corrected chi connectivity index (χ4v) is 2.73. The molecule has 0 radical (unpaired) electrons. The molecule has 4 heteroatoms. The molecule has 2 rings (SSSR count). The third-order valence-corrected chi connectivity index (χ3v) is 3.75. The lowest BCUT2D eigenvalue weighted by molar-refractivity contribution is 0.0908. The maximum atomic E-state index is 12.4. The number of aromatic nitrogens is 2. The predicted molar refractivity (Wildman–Crippen MR) is 69.6 cm³/mol. The first kappa shape index (κ1) is 13.3. The van der Waals surface area contributed by atoms with Gasteiger partial charge in [0.15, 0.2) is 5.78 Å². The maximum absolute atomic E-state index is 12.4. The first-order valence-corrected chi connectivity index (χ1v) is 6.77. The van der Waals surface area contributed by atoms with Crippen molar-refractivity contribution in [3.05, 3.63) is 18.0 Å². The Morgan fingerprint density at radius 1 is 1.56 bits per heavy atom. The number of ether oxygens (including phenoxy) is 1. The highest BCUT2D eigenvalue weighted by Gasteiger charge is 2.29. The van der Waals surface area contributed by atoms with Gasteiger partial charge in [-0.1, -0.05) is 6.92 Å². The lowest BCUT2D eigenvalue weighted by Gasteiger charge is -2.10. The topological polar surface area (TPSA) is 44.1 Å². The number of carbonyl (C=O) groups excluding carboxylic acids is 1. The van der Waals surface area contributed by atoms with Crippen LogP contribution < -0.4 is 0 Å². The van der Waals surface area contributed by atoms with Crippen LogP contribution in [0.5, 0.6) is 0 Å². The average molecular weight is 250 g/mol. The highest BCUT2D eigenvalue weighted by Crippen LogP contribution is 2.32.